The highest BCUT2D eigenvalue weighted by Gasteiger charge is 2.50. The van der Waals surface area contributed by atoms with Gasteiger partial charge in [0.2, 0.25) is 15.9 Å². The summed E-state index contributed by atoms with van der Waals surface area (Å²) in [5.41, 5.74) is -1.17. The standard InChI is InChI=1S/C21H21Cl2FN4O4S/c1-27(2)10-20(29)26-21(13-32-16-5-3-14(9-25)18(24)8-16)11-28(12-21)33(30,31)19-6-4-15(22)7-17(19)23/h3-8H,10-13H2,1-2H3,(H,26,29). The Labute approximate surface area is 201 Å². The van der Waals surface area contributed by atoms with Gasteiger partial charge < -0.3 is 15.0 Å². The van der Waals surface area contributed by atoms with Crippen LogP contribution in [0.15, 0.2) is 41.3 Å². The Bertz CT molecular complexity index is 1210. The highest BCUT2D eigenvalue weighted by Crippen LogP contribution is 2.33. The van der Waals surface area contributed by atoms with Gasteiger partial charge in [0.1, 0.15) is 34.7 Å². The van der Waals surface area contributed by atoms with Gasteiger partial charge in [-0.2, -0.15) is 9.57 Å². The molecule has 0 aliphatic carbocycles. The third kappa shape index (κ3) is 5.75. The summed E-state index contributed by atoms with van der Waals surface area (Å²) in [7, 11) is -0.500. The molecule has 1 aliphatic heterocycles. The minimum Gasteiger partial charge on any atom is -0.491 e. The van der Waals surface area contributed by atoms with Gasteiger partial charge in [0.25, 0.3) is 0 Å². The van der Waals surface area contributed by atoms with Crippen LogP contribution in [0, 0.1) is 17.1 Å². The van der Waals surface area contributed by atoms with Crippen LogP contribution < -0.4 is 10.1 Å². The average Bonchev–Trinajstić information content (AvgIpc) is 2.68. The van der Waals surface area contributed by atoms with E-state index in [0.717, 1.165) is 6.07 Å². The summed E-state index contributed by atoms with van der Waals surface area (Å²) in [6.45, 7) is -0.181. The van der Waals surface area contributed by atoms with Crippen molar-refractivity contribution in [3.05, 3.63) is 57.8 Å². The van der Waals surface area contributed by atoms with Crippen LogP contribution in [-0.2, 0) is 14.8 Å². The van der Waals surface area contributed by atoms with Crippen molar-refractivity contribution in [2.24, 2.45) is 0 Å². The monoisotopic (exact) mass is 514 g/mol. The Morgan fingerprint density at radius 2 is 1.97 bits per heavy atom. The van der Waals surface area contributed by atoms with Crippen molar-refractivity contribution >= 4 is 39.1 Å². The first-order valence-electron chi connectivity index (χ1n) is 9.69. The molecule has 0 atom stereocenters. The zero-order chi connectivity index (χ0) is 24.4. The highest BCUT2D eigenvalue weighted by atomic mass is 35.5. The van der Waals surface area contributed by atoms with E-state index in [1.807, 2.05) is 0 Å². The Morgan fingerprint density at radius 3 is 2.55 bits per heavy atom. The number of benzene rings is 2. The van der Waals surface area contributed by atoms with Crippen molar-refractivity contribution in [1.82, 2.24) is 14.5 Å². The number of carbonyl (C=O) groups excluding carboxylic acids is 1. The summed E-state index contributed by atoms with van der Waals surface area (Å²) in [6, 6.07) is 9.58. The first kappa shape index (κ1) is 25.2. The maximum Gasteiger partial charge on any atom is 0.244 e. The van der Waals surface area contributed by atoms with Crippen molar-refractivity contribution < 1.29 is 22.3 Å². The van der Waals surface area contributed by atoms with Crippen molar-refractivity contribution in [2.75, 3.05) is 40.3 Å². The van der Waals surface area contributed by atoms with Crippen LogP contribution in [-0.4, -0.2) is 69.4 Å². The fourth-order valence-corrected chi connectivity index (χ4v) is 5.71. The number of carbonyl (C=O) groups is 1. The molecule has 2 aromatic carbocycles. The van der Waals surface area contributed by atoms with E-state index in [-0.39, 0.29) is 53.4 Å². The number of halogens is 3. The third-order valence-corrected chi connectivity index (χ3v) is 7.42. The lowest BCUT2D eigenvalue weighted by Crippen LogP contribution is -2.74. The number of nitrogens with zero attached hydrogens (tertiary/aromatic N) is 3. The molecule has 1 aliphatic rings. The molecule has 0 saturated carbocycles. The number of nitrogens with one attached hydrogen (secondary N) is 1. The summed E-state index contributed by atoms with van der Waals surface area (Å²) in [4.78, 5) is 14.0. The van der Waals surface area contributed by atoms with Crippen LogP contribution in [0.5, 0.6) is 5.75 Å². The molecule has 33 heavy (non-hydrogen) atoms. The van der Waals surface area contributed by atoms with Gasteiger partial charge in [0.05, 0.1) is 17.1 Å². The SMILES string of the molecule is CN(C)CC(=O)NC1(COc2ccc(C#N)c(F)c2)CN(S(=O)(=O)c2ccc(Cl)cc2Cl)C1. The maximum atomic E-state index is 13.9. The molecule has 12 heteroatoms. The van der Waals surface area contributed by atoms with Gasteiger partial charge in [-0.3, -0.25) is 4.79 Å². The van der Waals surface area contributed by atoms with E-state index in [0.29, 0.717) is 5.02 Å². The number of nitriles is 1. The van der Waals surface area contributed by atoms with Crippen LogP contribution in [0.25, 0.3) is 0 Å². The lowest BCUT2D eigenvalue weighted by atomic mass is 9.93. The second-order valence-electron chi connectivity index (χ2n) is 7.96. The fraction of sp³-hybridized carbons (Fsp3) is 0.333. The Kier molecular flexibility index (Phi) is 7.51. The van der Waals surface area contributed by atoms with Crippen LogP contribution in [0.2, 0.25) is 10.0 Å². The van der Waals surface area contributed by atoms with Crippen LogP contribution in [0.1, 0.15) is 5.56 Å². The molecule has 176 valence electrons. The number of sulfonamides is 1. The van der Waals surface area contributed by atoms with Crippen molar-refractivity contribution in [3.63, 3.8) is 0 Å². The molecular formula is C21H21Cl2FN4O4S. The largest absolute Gasteiger partial charge is 0.491 e. The van der Waals surface area contributed by atoms with E-state index in [2.05, 4.69) is 5.32 Å². The molecule has 0 bridgehead atoms. The molecule has 3 rings (SSSR count). The molecule has 1 N–H and O–H groups in total. The molecule has 8 nitrogen and oxygen atoms in total. The Balaban J connectivity index is 1.79. The normalized spacial score (nSPS) is 15.5. The van der Waals surface area contributed by atoms with E-state index in [1.165, 1.54) is 34.6 Å². The van der Waals surface area contributed by atoms with E-state index >= 15 is 0 Å². The smallest absolute Gasteiger partial charge is 0.244 e. The number of hydrogen-bond donors (Lipinski definition) is 1. The molecule has 1 fully saturated rings. The molecule has 2 aromatic rings. The number of likely N-dealkylation sites (N-methyl/N-ethyl adjacent to an activating group) is 1. The molecule has 1 saturated heterocycles. The topological polar surface area (TPSA) is 103 Å². The Morgan fingerprint density at radius 1 is 1.27 bits per heavy atom. The average molecular weight is 515 g/mol. The van der Waals surface area contributed by atoms with Crippen LogP contribution in [0.4, 0.5) is 4.39 Å². The zero-order valence-electron chi connectivity index (χ0n) is 17.8. The quantitative estimate of drug-likeness (QED) is 0.580. The van der Waals surface area contributed by atoms with Crippen LogP contribution in [0.3, 0.4) is 0 Å². The summed E-state index contributed by atoms with van der Waals surface area (Å²) < 4.78 is 46.8. The van der Waals surface area contributed by atoms with E-state index in [9.17, 15) is 17.6 Å². The number of ether oxygens (including phenoxy) is 1. The van der Waals surface area contributed by atoms with Gasteiger partial charge in [-0.25, -0.2) is 12.8 Å². The minimum absolute atomic E-state index is 0.0130. The summed E-state index contributed by atoms with van der Waals surface area (Å²) in [5, 5.41) is 12.0. The summed E-state index contributed by atoms with van der Waals surface area (Å²) >= 11 is 11.9. The van der Waals surface area contributed by atoms with Crippen molar-refractivity contribution in [3.8, 4) is 11.8 Å². The van der Waals surface area contributed by atoms with Gasteiger partial charge in [0.15, 0.2) is 0 Å². The van der Waals surface area contributed by atoms with Gasteiger partial charge in [-0.15, -0.1) is 0 Å². The second-order valence-corrected chi connectivity index (χ2v) is 10.7. The van der Waals surface area contributed by atoms with Crippen LogP contribution >= 0.6 is 23.2 Å². The summed E-state index contributed by atoms with van der Waals surface area (Å²) in [6.07, 6.45) is 0. The highest BCUT2D eigenvalue weighted by molar-refractivity contribution is 7.89. The predicted molar refractivity (Wildman–Crippen MR) is 121 cm³/mol. The number of amides is 1. The molecule has 0 radical (unpaired) electrons. The molecule has 1 heterocycles. The molecule has 0 aromatic heterocycles. The van der Waals surface area contributed by atoms with E-state index < -0.39 is 21.4 Å². The Hall–Kier alpha value is -2.42. The predicted octanol–water partition coefficient (Wildman–Crippen LogP) is 2.50. The number of hydrogen-bond acceptors (Lipinski definition) is 6. The third-order valence-electron chi connectivity index (χ3n) is 4.91. The molecule has 1 amide bonds. The maximum absolute atomic E-state index is 13.9. The first-order chi connectivity index (χ1) is 15.5. The molecular weight excluding hydrogens is 494 g/mol. The fourth-order valence-electron chi connectivity index (χ4n) is 3.35. The van der Waals surface area contributed by atoms with Gasteiger partial charge in [-0.1, -0.05) is 23.2 Å². The van der Waals surface area contributed by atoms with Crippen molar-refractivity contribution in [2.45, 2.75) is 10.4 Å². The minimum atomic E-state index is -3.95. The van der Waals surface area contributed by atoms with Gasteiger partial charge in [0, 0.05) is 24.2 Å². The van der Waals surface area contributed by atoms with Gasteiger partial charge >= 0.3 is 0 Å². The van der Waals surface area contributed by atoms with Gasteiger partial charge in [-0.05, 0) is 44.4 Å². The molecule has 0 spiro atoms. The van der Waals surface area contributed by atoms with E-state index in [4.69, 9.17) is 33.2 Å². The lowest BCUT2D eigenvalue weighted by molar-refractivity contribution is -0.126. The zero-order valence-corrected chi connectivity index (χ0v) is 20.1. The first-order valence-corrected chi connectivity index (χ1v) is 11.9. The van der Waals surface area contributed by atoms with Crippen molar-refractivity contribution in [1.29, 1.82) is 5.26 Å². The second kappa shape index (κ2) is 9.83. The lowest BCUT2D eigenvalue weighted by Gasteiger charge is -2.49. The summed E-state index contributed by atoms with van der Waals surface area (Å²) in [5.74, 6) is -0.915. The molecule has 0 unspecified atom stereocenters. The number of rotatable bonds is 8. The van der Waals surface area contributed by atoms with E-state index in [1.54, 1.807) is 25.1 Å².